The van der Waals surface area contributed by atoms with Crippen molar-refractivity contribution >= 4 is 11.7 Å². The maximum absolute atomic E-state index is 12.7. The van der Waals surface area contributed by atoms with Gasteiger partial charge in [-0.1, -0.05) is 36.4 Å². The summed E-state index contributed by atoms with van der Waals surface area (Å²) >= 11 is 0. The van der Waals surface area contributed by atoms with Crippen LogP contribution in [0.1, 0.15) is 27.5 Å². The molecule has 1 aliphatic heterocycles. The number of carboxylic acid groups (broad SMARTS) is 1. The number of alkyl halides is 3. The van der Waals surface area contributed by atoms with Crippen LogP contribution in [0.25, 0.3) is 11.1 Å². The Balaban J connectivity index is 1.58. The Morgan fingerprint density at radius 2 is 2.03 bits per heavy atom. The van der Waals surface area contributed by atoms with Gasteiger partial charge in [0.15, 0.2) is 6.61 Å². The minimum atomic E-state index is -4.41. The number of aromatic carboxylic acids is 1. The Hall–Kier alpha value is -3.59. The van der Waals surface area contributed by atoms with Gasteiger partial charge in [-0.15, -0.1) is 0 Å². The standard InChI is InChI=1S/C25H24F3N3O3/c1-31-11-9-17-12-16(19-4-2-3-5-23(19)34-15-25(26,27)28)6-7-18(17)22(31)14-30-21-13-29-10-8-20(21)24(32)33/h2-8,10,12-13,22,30H,9,11,14-15H2,1H3,(H,32,33)/t22-/m1/s1. The van der Waals surface area contributed by atoms with Crippen molar-refractivity contribution in [1.29, 1.82) is 0 Å². The fourth-order valence-electron chi connectivity index (χ4n) is 4.19. The molecule has 9 heteroatoms. The van der Waals surface area contributed by atoms with Gasteiger partial charge in [-0.3, -0.25) is 9.88 Å². The van der Waals surface area contributed by atoms with Crippen LogP contribution in [0, 0.1) is 0 Å². The first kappa shape index (κ1) is 23.6. The largest absolute Gasteiger partial charge is 0.483 e. The van der Waals surface area contributed by atoms with Gasteiger partial charge in [0.1, 0.15) is 5.75 Å². The summed E-state index contributed by atoms with van der Waals surface area (Å²) in [4.78, 5) is 17.7. The Morgan fingerprint density at radius 3 is 2.79 bits per heavy atom. The van der Waals surface area contributed by atoms with E-state index in [-0.39, 0.29) is 17.4 Å². The molecule has 3 aromatic rings. The van der Waals surface area contributed by atoms with E-state index in [1.54, 1.807) is 18.2 Å². The summed E-state index contributed by atoms with van der Waals surface area (Å²) in [5, 5.41) is 12.6. The van der Waals surface area contributed by atoms with Crippen LogP contribution in [0.5, 0.6) is 5.75 Å². The van der Waals surface area contributed by atoms with Gasteiger partial charge < -0.3 is 15.2 Å². The molecule has 0 saturated heterocycles. The number of likely N-dealkylation sites (N-methyl/N-ethyl adjacent to an activating group) is 1. The topological polar surface area (TPSA) is 74.7 Å². The number of nitrogens with zero attached hydrogens (tertiary/aromatic N) is 2. The van der Waals surface area contributed by atoms with Crippen LogP contribution < -0.4 is 10.1 Å². The van der Waals surface area contributed by atoms with E-state index in [1.807, 2.05) is 25.2 Å². The zero-order valence-electron chi connectivity index (χ0n) is 18.5. The number of hydrogen-bond donors (Lipinski definition) is 2. The number of fused-ring (bicyclic) bond motifs is 1. The van der Waals surface area contributed by atoms with E-state index in [4.69, 9.17) is 4.74 Å². The molecule has 6 nitrogen and oxygen atoms in total. The van der Waals surface area contributed by atoms with E-state index in [9.17, 15) is 23.1 Å². The van der Waals surface area contributed by atoms with Gasteiger partial charge in [-0.2, -0.15) is 13.2 Å². The van der Waals surface area contributed by atoms with Gasteiger partial charge >= 0.3 is 12.1 Å². The highest BCUT2D eigenvalue weighted by atomic mass is 19.4. The maximum Gasteiger partial charge on any atom is 0.422 e. The van der Waals surface area contributed by atoms with E-state index in [0.29, 0.717) is 17.8 Å². The molecule has 0 amide bonds. The summed E-state index contributed by atoms with van der Waals surface area (Å²) in [6.07, 6.45) is -0.694. The first-order valence-electron chi connectivity index (χ1n) is 10.8. The van der Waals surface area contributed by atoms with Crippen LogP contribution in [0.15, 0.2) is 60.9 Å². The van der Waals surface area contributed by atoms with Gasteiger partial charge in [-0.05, 0) is 42.3 Å². The zero-order valence-corrected chi connectivity index (χ0v) is 18.5. The molecule has 0 spiro atoms. The fraction of sp³-hybridized carbons (Fsp3) is 0.280. The second kappa shape index (κ2) is 9.72. The lowest BCUT2D eigenvalue weighted by Gasteiger charge is -2.35. The first-order chi connectivity index (χ1) is 16.2. The molecular formula is C25H24F3N3O3. The third-order valence-corrected chi connectivity index (χ3v) is 5.89. The fourth-order valence-corrected chi connectivity index (χ4v) is 4.19. The lowest BCUT2D eigenvalue weighted by molar-refractivity contribution is -0.153. The van der Waals surface area contributed by atoms with Gasteiger partial charge in [0, 0.05) is 24.8 Å². The Labute approximate surface area is 195 Å². The minimum absolute atomic E-state index is 0.0172. The number of nitrogens with one attached hydrogen (secondary N) is 1. The molecule has 0 bridgehead atoms. The van der Waals surface area contributed by atoms with E-state index in [0.717, 1.165) is 29.7 Å². The smallest absolute Gasteiger partial charge is 0.422 e. The van der Waals surface area contributed by atoms with Crippen LogP contribution in [-0.2, 0) is 6.42 Å². The van der Waals surface area contributed by atoms with Crippen molar-refractivity contribution in [2.75, 3.05) is 32.1 Å². The summed E-state index contributed by atoms with van der Waals surface area (Å²) in [6.45, 7) is -0.0892. The van der Waals surface area contributed by atoms with Crippen molar-refractivity contribution in [3.05, 3.63) is 77.6 Å². The Morgan fingerprint density at radius 1 is 1.24 bits per heavy atom. The number of halogens is 3. The van der Waals surface area contributed by atoms with E-state index in [2.05, 4.69) is 15.2 Å². The summed E-state index contributed by atoms with van der Waals surface area (Å²) in [5.74, 6) is -0.845. The SMILES string of the molecule is CN1CCc2cc(-c3ccccc3OCC(F)(F)F)ccc2[C@H]1CNc1cnccc1C(=O)O. The summed E-state index contributed by atoms with van der Waals surface area (Å²) in [7, 11) is 2.00. The molecule has 2 heterocycles. The number of ether oxygens (including phenoxy) is 1. The highest BCUT2D eigenvalue weighted by molar-refractivity contribution is 5.93. The lowest BCUT2D eigenvalue weighted by atomic mass is 9.89. The number of anilines is 1. The number of rotatable bonds is 7. The number of carboxylic acids is 1. The number of carbonyl (C=O) groups is 1. The highest BCUT2D eigenvalue weighted by Crippen LogP contribution is 2.36. The lowest BCUT2D eigenvalue weighted by Crippen LogP contribution is -2.36. The van der Waals surface area contributed by atoms with Crippen molar-refractivity contribution < 1.29 is 27.8 Å². The Bertz CT molecular complexity index is 1180. The van der Waals surface area contributed by atoms with Crippen LogP contribution in [0.2, 0.25) is 0 Å². The number of pyridine rings is 1. The maximum atomic E-state index is 12.7. The van der Waals surface area contributed by atoms with E-state index in [1.165, 1.54) is 24.5 Å². The third-order valence-electron chi connectivity index (χ3n) is 5.89. The second-order valence-corrected chi connectivity index (χ2v) is 8.17. The van der Waals surface area contributed by atoms with Gasteiger partial charge in [-0.25, -0.2) is 4.79 Å². The van der Waals surface area contributed by atoms with Crippen molar-refractivity contribution in [3.8, 4) is 16.9 Å². The Kier molecular flexibility index (Phi) is 6.74. The van der Waals surface area contributed by atoms with Crippen LogP contribution >= 0.6 is 0 Å². The average molecular weight is 471 g/mol. The molecule has 2 aromatic carbocycles. The van der Waals surface area contributed by atoms with Gasteiger partial charge in [0.2, 0.25) is 0 Å². The molecule has 34 heavy (non-hydrogen) atoms. The average Bonchev–Trinajstić information content (AvgIpc) is 2.81. The molecule has 1 aromatic heterocycles. The molecule has 0 radical (unpaired) electrons. The second-order valence-electron chi connectivity index (χ2n) is 8.17. The molecule has 0 aliphatic carbocycles. The van der Waals surface area contributed by atoms with Crippen molar-refractivity contribution in [3.63, 3.8) is 0 Å². The molecule has 2 N–H and O–H groups in total. The zero-order chi connectivity index (χ0) is 24.3. The van der Waals surface area contributed by atoms with Crippen LogP contribution in [0.3, 0.4) is 0 Å². The minimum Gasteiger partial charge on any atom is -0.483 e. The van der Waals surface area contributed by atoms with E-state index >= 15 is 0 Å². The molecule has 1 aliphatic rings. The quantitative estimate of drug-likeness (QED) is 0.504. The molecule has 178 valence electrons. The van der Waals surface area contributed by atoms with Crippen molar-refractivity contribution in [2.45, 2.75) is 18.6 Å². The van der Waals surface area contributed by atoms with Gasteiger partial charge in [0.05, 0.1) is 23.5 Å². The first-order valence-corrected chi connectivity index (χ1v) is 10.8. The summed E-state index contributed by atoms with van der Waals surface area (Å²) < 4.78 is 43.1. The third kappa shape index (κ3) is 5.31. The normalized spacial score (nSPS) is 16.1. The highest BCUT2D eigenvalue weighted by Gasteiger charge is 2.29. The van der Waals surface area contributed by atoms with Gasteiger partial charge in [0.25, 0.3) is 0 Å². The molecule has 0 fully saturated rings. The van der Waals surface area contributed by atoms with Crippen LogP contribution in [-0.4, -0.2) is 53.9 Å². The summed E-state index contributed by atoms with van der Waals surface area (Å²) in [5.41, 5.74) is 4.16. The molecule has 0 saturated carbocycles. The molecule has 1 atom stereocenters. The number of para-hydroxylation sites is 1. The molecular weight excluding hydrogens is 447 g/mol. The number of hydrogen-bond acceptors (Lipinski definition) is 5. The van der Waals surface area contributed by atoms with Crippen molar-refractivity contribution in [1.82, 2.24) is 9.88 Å². The number of benzene rings is 2. The monoisotopic (exact) mass is 471 g/mol. The van der Waals surface area contributed by atoms with Crippen molar-refractivity contribution in [2.24, 2.45) is 0 Å². The molecule has 0 unspecified atom stereocenters. The number of aromatic nitrogens is 1. The predicted molar refractivity (Wildman–Crippen MR) is 122 cm³/mol. The van der Waals surface area contributed by atoms with Crippen LogP contribution in [0.4, 0.5) is 18.9 Å². The predicted octanol–water partition coefficient (Wildman–Crippen LogP) is 5.03. The van der Waals surface area contributed by atoms with E-state index < -0.39 is 18.8 Å². The summed E-state index contributed by atoms with van der Waals surface area (Å²) in [6, 6.07) is 14.0. The molecule has 4 rings (SSSR count).